The maximum Gasteiger partial charge on any atom is 0.240 e. The lowest BCUT2D eigenvalue weighted by molar-refractivity contribution is 0.136. The van der Waals surface area contributed by atoms with Crippen molar-refractivity contribution in [3.63, 3.8) is 0 Å². The number of hydrogen-bond donors (Lipinski definition) is 1. The topological polar surface area (TPSA) is 91.4 Å². The van der Waals surface area contributed by atoms with Crippen LogP contribution in [0.1, 0.15) is 54.5 Å². The zero-order chi connectivity index (χ0) is 20.0. The molecule has 8 nitrogen and oxygen atoms in total. The second-order valence-electron chi connectivity index (χ2n) is 9.00. The Labute approximate surface area is 171 Å². The number of hydrogen-bond acceptors (Lipinski definition) is 8. The first-order valence-corrected chi connectivity index (χ1v) is 10.8. The highest BCUT2D eigenvalue weighted by Crippen LogP contribution is 2.48. The molecular weight excluding hydrogens is 368 g/mol. The second-order valence-corrected chi connectivity index (χ2v) is 9.00. The minimum Gasteiger partial charge on any atom is -0.396 e. The van der Waals surface area contributed by atoms with Crippen LogP contribution in [0.15, 0.2) is 4.52 Å². The van der Waals surface area contributed by atoms with E-state index < -0.39 is 0 Å². The van der Waals surface area contributed by atoms with Gasteiger partial charge in [-0.15, -0.1) is 0 Å². The van der Waals surface area contributed by atoms with Crippen LogP contribution in [-0.4, -0.2) is 62.9 Å². The van der Waals surface area contributed by atoms with Crippen LogP contribution in [0.25, 0.3) is 0 Å². The number of anilines is 1. The zero-order valence-electron chi connectivity index (χ0n) is 17.4. The van der Waals surface area contributed by atoms with Gasteiger partial charge in [0.2, 0.25) is 5.89 Å². The molecule has 3 aliphatic rings. The highest BCUT2D eigenvalue weighted by Gasteiger charge is 2.45. The number of aliphatic hydroxyl groups is 1. The third-order valence-corrected chi connectivity index (χ3v) is 7.04. The van der Waals surface area contributed by atoms with E-state index in [9.17, 15) is 5.11 Å². The Hall–Kier alpha value is -2.06. The second kappa shape index (κ2) is 7.32. The molecule has 1 spiro atoms. The third kappa shape index (κ3) is 3.42. The molecule has 0 radical (unpaired) electrons. The summed E-state index contributed by atoms with van der Waals surface area (Å²) in [5.74, 6) is 3.77. The van der Waals surface area contributed by atoms with Gasteiger partial charge in [-0.05, 0) is 59.0 Å². The molecule has 1 unspecified atom stereocenters. The van der Waals surface area contributed by atoms with E-state index in [1.54, 1.807) is 0 Å². The van der Waals surface area contributed by atoms with Crippen molar-refractivity contribution in [1.29, 1.82) is 0 Å². The van der Waals surface area contributed by atoms with Gasteiger partial charge in [0.25, 0.3) is 0 Å². The maximum atomic E-state index is 9.53. The molecule has 2 saturated heterocycles. The van der Waals surface area contributed by atoms with Gasteiger partial charge in [-0.25, -0.2) is 9.97 Å². The van der Waals surface area contributed by atoms with E-state index in [1.807, 2.05) is 13.8 Å². The van der Waals surface area contributed by atoms with E-state index in [0.717, 1.165) is 76.5 Å². The lowest BCUT2D eigenvalue weighted by atomic mass is 9.76. The molecule has 156 valence electrons. The Bertz CT molecular complexity index is 889. The van der Waals surface area contributed by atoms with E-state index >= 15 is 0 Å². The van der Waals surface area contributed by atoms with Crippen molar-refractivity contribution < 1.29 is 9.63 Å². The van der Waals surface area contributed by atoms with Gasteiger partial charge in [0, 0.05) is 36.6 Å². The quantitative estimate of drug-likeness (QED) is 0.833. The van der Waals surface area contributed by atoms with Crippen molar-refractivity contribution in [2.75, 3.05) is 37.7 Å². The smallest absolute Gasteiger partial charge is 0.240 e. The molecule has 8 heteroatoms. The third-order valence-electron chi connectivity index (χ3n) is 7.04. The largest absolute Gasteiger partial charge is 0.396 e. The van der Waals surface area contributed by atoms with Crippen LogP contribution in [0, 0.1) is 19.8 Å². The molecule has 2 aromatic heterocycles. The van der Waals surface area contributed by atoms with Gasteiger partial charge in [0.1, 0.15) is 11.6 Å². The summed E-state index contributed by atoms with van der Waals surface area (Å²) in [6.45, 7) is 8.81. The molecule has 4 heterocycles. The first-order valence-electron chi connectivity index (χ1n) is 10.8. The lowest BCUT2D eigenvalue weighted by Crippen LogP contribution is -2.41. The molecule has 2 aromatic rings. The van der Waals surface area contributed by atoms with Gasteiger partial charge < -0.3 is 14.5 Å². The molecule has 0 aromatic carbocycles. The van der Waals surface area contributed by atoms with Crippen LogP contribution >= 0.6 is 0 Å². The van der Waals surface area contributed by atoms with Gasteiger partial charge in [0.05, 0.1) is 12.2 Å². The van der Waals surface area contributed by atoms with Gasteiger partial charge in [-0.2, -0.15) is 4.98 Å². The summed E-state index contributed by atoms with van der Waals surface area (Å²) in [6, 6.07) is 0. The van der Waals surface area contributed by atoms with Crippen LogP contribution < -0.4 is 4.90 Å². The van der Waals surface area contributed by atoms with Crippen LogP contribution in [-0.2, 0) is 18.4 Å². The summed E-state index contributed by atoms with van der Waals surface area (Å²) in [5, 5.41) is 13.4. The van der Waals surface area contributed by atoms with Crippen LogP contribution in [0.3, 0.4) is 0 Å². The fourth-order valence-electron chi connectivity index (χ4n) is 5.39. The molecule has 2 fully saturated rings. The number of aliphatic hydroxyl groups excluding tert-OH is 1. The van der Waals surface area contributed by atoms with Crippen molar-refractivity contribution in [3.05, 3.63) is 28.8 Å². The minimum absolute atomic E-state index is 0.176. The summed E-state index contributed by atoms with van der Waals surface area (Å²) >= 11 is 0. The average molecular weight is 399 g/mol. The van der Waals surface area contributed by atoms with Crippen molar-refractivity contribution in [2.24, 2.45) is 5.92 Å². The summed E-state index contributed by atoms with van der Waals surface area (Å²) in [6.07, 6.45) is 5.50. The van der Waals surface area contributed by atoms with Gasteiger partial charge in [0.15, 0.2) is 5.82 Å². The highest BCUT2D eigenvalue weighted by atomic mass is 16.5. The molecule has 5 rings (SSSR count). The number of piperidine rings is 1. The Morgan fingerprint density at radius 2 is 1.90 bits per heavy atom. The average Bonchev–Trinajstić information content (AvgIpc) is 3.43. The predicted molar refractivity (Wildman–Crippen MR) is 108 cm³/mol. The number of likely N-dealkylation sites (tertiary alicyclic amines) is 1. The van der Waals surface area contributed by atoms with Crippen molar-refractivity contribution in [1.82, 2.24) is 25.0 Å². The van der Waals surface area contributed by atoms with Crippen molar-refractivity contribution in [2.45, 2.75) is 57.9 Å². The summed E-state index contributed by atoms with van der Waals surface area (Å²) in [7, 11) is 0. The monoisotopic (exact) mass is 398 g/mol. The summed E-state index contributed by atoms with van der Waals surface area (Å²) in [4.78, 5) is 18.9. The molecule has 0 saturated carbocycles. The Kier molecular flexibility index (Phi) is 4.78. The summed E-state index contributed by atoms with van der Waals surface area (Å²) in [5.41, 5.74) is 2.82. The first kappa shape index (κ1) is 18.9. The number of aromatic nitrogens is 4. The Morgan fingerprint density at radius 1 is 1.07 bits per heavy atom. The Morgan fingerprint density at radius 3 is 2.59 bits per heavy atom. The standard InChI is InChI=1S/C21H30N6O2/c1-14-23-19-17(20(24-14)27-8-4-16(11-27)13-28)3-5-21(19)6-9-26(10-7-21)12-18-22-15(2)25-29-18/h16,28H,3-13H2,1-2H3. The Balaban J connectivity index is 1.35. The van der Waals surface area contributed by atoms with Crippen LogP contribution in [0.2, 0.25) is 0 Å². The first-order chi connectivity index (χ1) is 14.1. The number of rotatable bonds is 4. The van der Waals surface area contributed by atoms with E-state index in [0.29, 0.717) is 17.6 Å². The van der Waals surface area contributed by atoms with Crippen LogP contribution in [0.4, 0.5) is 5.82 Å². The minimum atomic E-state index is 0.176. The fourth-order valence-corrected chi connectivity index (χ4v) is 5.39. The van der Waals surface area contributed by atoms with Gasteiger partial charge >= 0.3 is 0 Å². The number of fused-ring (bicyclic) bond motifs is 2. The molecular formula is C21H30N6O2. The van der Waals surface area contributed by atoms with E-state index in [2.05, 4.69) is 19.9 Å². The van der Waals surface area contributed by atoms with Crippen molar-refractivity contribution in [3.8, 4) is 0 Å². The zero-order valence-corrected chi connectivity index (χ0v) is 17.4. The SMILES string of the molecule is Cc1noc(CN2CCC3(CCc4c(N5CCC(CO)C5)nc(C)nc43)CC2)n1. The van der Waals surface area contributed by atoms with Crippen molar-refractivity contribution >= 4 is 5.82 Å². The van der Waals surface area contributed by atoms with E-state index in [4.69, 9.17) is 14.5 Å². The molecule has 1 aliphatic carbocycles. The molecule has 29 heavy (non-hydrogen) atoms. The van der Waals surface area contributed by atoms with Crippen LogP contribution in [0.5, 0.6) is 0 Å². The highest BCUT2D eigenvalue weighted by molar-refractivity contribution is 5.54. The number of nitrogens with zero attached hydrogens (tertiary/aromatic N) is 6. The fraction of sp³-hybridized carbons (Fsp3) is 0.714. The molecule has 0 amide bonds. The van der Waals surface area contributed by atoms with E-state index in [1.165, 1.54) is 11.3 Å². The normalized spacial score (nSPS) is 23.8. The van der Waals surface area contributed by atoms with E-state index in [-0.39, 0.29) is 12.0 Å². The molecule has 2 aliphatic heterocycles. The number of aryl methyl sites for hydroxylation is 2. The molecule has 1 N–H and O–H groups in total. The summed E-state index contributed by atoms with van der Waals surface area (Å²) < 4.78 is 5.30. The van der Waals surface area contributed by atoms with Gasteiger partial charge in [-0.3, -0.25) is 4.90 Å². The predicted octanol–water partition coefficient (Wildman–Crippen LogP) is 1.78. The molecule has 1 atom stereocenters. The molecule has 0 bridgehead atoms. The lowest BCUT2D eigenvalue weighted by Gasteiger charge is -2.39. The maximum absolute atomic E-state index is 9.53. The van der Waals surface area contributed by atoms with Gasteiger partial charge in [-0.1, -0.05) is 5.16 Å².